The first kappa shape index (κ1) is 17.1. The Morgan fingerprint density at radius 1 is 1.50 bits per heavy atom. The first-order valence-electron chi connectivity index (χ1n) is 5.90. The Labute approximate surface area is 141 Å². The number of methoxy groups -OCH3 is 1. The van der Waals surface area contributed by atoms with E-state index in [2.05, 4.69) is 21.5 Å². The molecule has 0 bridgehead atoms. The predicted molar refractivity (Wildman–Crippen MR) is 89.6 cm³/mol. The molecule has 1 aromatic heterocycles. The van der Waals surface area contributed by atoms with Crippen molar-refractivity contribution < 1.29 is 13.2 Å². The second-order valence-electron chi connectivity index (χ2n) is 3.87. The lowest BCUT2D eigenvalue weighted by Gasteiger charge is -2.09. The quantitative estimate of drug-likeness (QED) is 0.589. The van der Waals surface area contributed by atoms with Gasteiger partial charge in [0.05, 0.1) is 7.11 Å². The Hall–Kier alpha value is -1.29. The zero-order chi connectivity index (χ0) is 16.2. The highest BCUT2D eigenvalue weighted by Gasteiger charge is 2.22. The Morgan fingerprint density at radius 3 is 2.95 bits per heavy atom. The van der Waals surface area contributed by atoms with E-state index in [1.54, 1.807) is 12.1 Å². The van der Waals surface area contributed by atoms with Gasteiger partial charge in [-0.1, -0.05) is 40.8 Å². The van der Waals surface area contributed by atoms with Crippen LogP contribution in [0.3, 0.4) is 0 Å². The molecule has 118 valence electrons. The summed E-state index contributed by atoms with van der Waals surface area (Å²) in [6.07, 6.45) is 1.73. The maximum absolute atomic E-state index is 12.4. The van der Waals surface area contributed by atoms with Crippen molar-refractivity contribution in [3.05, 3.63) is 35.9 Å². The van der Waals surface area contributed by atoms with Gasteiger partial charge in [-0.2, -0.15) is 0 Å². The minimum atomic E-state index is -3.87. The summed E-state index contributed by atoms with van der Waals surface area (Å²) >= 11 is 8.42. The van der Waals surface area contributed by atoms with Crippen LogP contribution in [0.25, 0.3) is 0 Å². The molecule has 10 heteroatoms. The highest BCUT2D eigenvalue weighted by Crippen LogP contribution is 2.31. The number of halogens is 1. The molecule has 0 aliphatic rings. The van der Waals surface area contributed by atoms with Crippen molar-refractivity contribution in [3.8, 4) is 5.75 Å². The van der Waals surface area contributed by atoms with E-state index in [4.69, 9.17) is 16.3 Å². The first-order chi connectivity index (χ1) is 10.5. The SMILES string of the molecule is C=CCSc1nnc(NS(=O)(=O)c2cc(Cl)ccc2OC)s1. The number of aromatic nitrogens is 2. The molecule has 2 aromatic rings. The van der Waals surface area contributed by atoms with Crippen LogP contribution in [-0.2, 0) is 10.0 Å². The van der Waals surface area contributed by atoms with Gasteiger partial charge >= 0.3 is 0 Å². The minimum Gasteiger partial charge on any atom is -0.495 e. The van der Waals surface area contributed by atoms with Crippen LogP contribution in [0.4, 0.5) is 5.13 Å². The number of anilines is 1. The van der Waals surface area contributed by atoms with Crippen LogP contribution < -0.4 is 9.46 Å². The Balaban J connectivity index is 2.26. The Morgan fingerprint density at radius 2 is 2.27 bits per heavy atom. The van der Waals surface area contributed by atoms with Gasteiger partial charge in [0.25, 0.3) is 10.0 Å². The molecular weight excluding hydrogens is 366 g/mol. The molecular formula is C12H12ClN3O3S3. The van der Waals surface area contributed by atoms with Gasteiger partial charge < -0.3 is 4.74 Å². The normalized spacial score (nSPS) is 11.2. The second-order valence-corrected chi connectivity index (χ2v) is 8.21. The van der Waals surface area contributed by atoms with Crippen LogP contribution in [0.1, 0.15) is 0 Å². The van der Waals surface area contributed by atoms with E-state index in [9.17, 15) is 8.42 Å². The third kappa shape index (κ3) is 4.13. The van der Waals surface area contributed by atoms with Gasteiger partial charge in [0, 0.05) is 10.8 Å². The Kier molecular flexibility index (Phi) is 5.68. The number of nitrogens with one attached hydrogen (secondary N) is 1. The van der Waals surface area contributed by atoms with E-state index >= 15 is 0 Å². The lowest BCUT2D eigenvalue weighted by Crippen LogP contribution is -2.14. The third-order valence-corrected chi connectivity index (χ3v) is 6.06. The summed E-state index contributed by atoms with van der Waals surface area (Å²) in [4.78, 5) is -0.0574. The van der Waals surface area contributed by atoms with E-state index in [1.165, 1.54) is 31.0 Å². The van der Waals surface area contributed by atoms with E-state index < -0.39 is 10.0 Å². The fourth-order valence-corrected chi connectivity index (χ4v) is 4.65. The molecule has 6 nitrogen and oxygen atoms in total. The van der Waals surface area contributed by atoms with Crippen LogP contribution in [0.2, 0.25) is 5.02 Å². The van der Waals surface area contributed by atoms with Crippen LogP contribution in [-0.4, -0.2) is 31.5 Å². The van der Waals surface area contributed by atoms with Crippen LogP contribution in [0.15, 0.2) is 40.1 Å². The van der Waals surface area contributed by atoms with Gasteiger partial charge in [0.15, 0.2) is 4.34 Å². The van der Waals surface area contributed by atoms with Crippen LogP contribution >= 0.6 is 34.7 Å². The topological polar surface area (TPSA) is 81.2 Å². The van der Waals surface area contributed by atoms with Gasteiger partial charge in [-0.05, 0) is 18.2 Å². The van der Waals surface area contributed by atoms with Gasteiger partial charge in [0.2, 0.25) is 5.13 Å². The van der Waals surface area contributed by atoms with Crippen molar-refractivity contribution >= 4 is 49.9 Å². The van der Waals surface area contributed by atoms with Crippen LogP contribution in [0.5, 0.6) is 5.75 Å². The summed E-state index contributed by atoms with van der Waals surface area (Å²) in [5, 5.41) is 8.17. The molecule has 22 heavy (non-hydrogen) atoms. The summed E-state index contributed by atoms with van der Waals surface area (Å²) in [6, 6.07) is 4.36. The largest absolute Gasteiger partial charge is 0.495 e. The zero-order valence-corrected chi connectivity index (χ0v) is 14.7. The molecule has 2 rings (SSSR count). The van der Waals surface area contributed by atoms with E-state index in [-0.39, 0.29) is 15.8 Å². The zero-order valence-electron chi connectivity index (χ0n) is 11.4. The van der Waals surface area contributed by atoms with Crippen molar-refractivity contribution in [3.63, 3.8) is 0 Å². The van der Waals surface area contributed by atoms with Crippen LogP contribution in [0, 0.1) is 0 Å². The minimum absolute atomic E-state index is 0.0574. The number of ether oxygens (including phenoxy) is 1. The van der Waals surface area contributed by atoms with Crippen molar-refractivity contribution in [1.29, 1.82) is 0 Å². The predicted octanol–water partition coefficient (Wildman–Crippen LogP) is 3.28. The maximum atomic E-state index is 12.4. The average Bonchev–Trinajstić information content (AvgIpc) is 2.91. The van der Waals surface area contributed by atoms with Gasteiger partial charge in [0.1, 0.15) is 10.6 Å². The molecule has 0 atom stereocenters. The number of benzene rings is 1. The molecule has 0 saturated carbocycles. The third-order valence-electron chi connectivity index (χ3n) is 2.37. The lowest BCUT2D eigenvalue weighted by molar-refractivity contribution is 0.403. The van der Waals surface area contributed by atoms with Crippen molar-refractivity contribution in [1.82, 2.24) is 10.2 Å². The molecule has 1 aromatic carbocycles. The molecule has 0 unspecified atom stereocenters. The highest BCUT2D eigenvalue weighted by atomic mass is 35.5. The van der Waals surface area contributed by atoms with Gasteiger partial charge in [-0.15, -0.1) is 16.8 Å². The summed E-state index contributed by atoms with van der Waals surface area (Å²) < 4.78 is 32.9. The summed E-state index contributed by atoms with van der Waals surface area (Å²) in [5.41, 5.74) is 0. The number of nitrogens with zero attached hydrogens (tertiary/aromatic N) is 2. The fourth-order valence-electron chi connectivity index (χ4n) is 1.47. The lowest BCUT2D eigenvalue weighted by atomic mass is 10.3. The second kappa shape index (κ2) is 7.32. The molecule has 0 amide bonds. The summed E-state index contributed by atoms with van der Waals surface area (Å²) in [6.45, 7) is 3.61. The first-order valence-corrected chi connectivity index (χ1v) is 9.56. The fraction of sp³-hybridized carbons (Fsp3) is 0.167. The monoisotopic (exact) mass is 377 g/mol. The summed E-state index contributed by atoms with van der Waals surface area (Å²) in [5.74, 6) is 0.867. The maximum Gasteiger partial charge on any atom is 0.267 e. The average molecular weight is 378 g/mol. The number of thioether (sulfide) groups is 1. The molecule has 0 aliphatic carbocycles. The number of rotatable bonds is 7. The number of hydrogen-bond acceptors (Lipinski definition) is 7. The molecule has 0 spiro atoms. The number of hydrogen-bond donors (Lipinski definition) is 1. The molecule has 1 heterocycles. The van der Waals surface area contributed by atoms with Crippen molar-refractivity contribution in [2.24, 2.45) is 0 Å². The molecule has 0 radical (unpaired) electrons. The molecule has 1 N–H and O–H groups in total. The van der Waals surface area contributed by atoms with Crippen molar-refractivity contribution in [2.45, 2.75) is 9.24 Å². The van der Waals surface area contributed by atoms with E-state index in [0.29, 0.717) is 15.1 Å². The van der Waals surface area contributed by atoms with Gasteiger partial charge in [-0.3, -0.25) is 4.72 Å². The summed E-state index contributed by atoms with van der Waals surface area (Å²) in [7, 11) is -2.48. The Bertz CT molecular complexity index is 777. The smallest absolute Gasteiger partial charge is 0.267 e. The van der Waals surface area contributed by atoms with Gasteiger partial charge in [-0.25, -0.2) is 8.42 Å². The standard InChI is InChI=1S/C12H12ClN3O3S3/c1-3-6-20-12-15-14-11(21-12)16-22(17,18)10-7-8(13)4-5-9(10)19-2/h3-5,7H,1,6H2,2H3,(H,14,16). The molecule has 0 saturated heterocycles. The van der Waals surface area contributed by atoms with E-state index in [0.717, 1.165) is 11.3 Å². The molecule has 0 aliphatic heterocycles. The van der Waals surface area contributed by atoms with E-state index in [1.807, 2.05) is 0 Å². The van der Waals surface area contributed by atoms with Crippen molar-refractivity contribution in [2.75, 3.05) is 17.6 Å². The highest BCUT2D eigenvalue weighted by molar-refractivity contribution is 8.01. The molecule has 0 fully saturated rings. The number of sulfonamides is 1.